The molecule has 0 spiro atoms. The summed E-state index contributed by atoms with van der Waals surface area (Å²) in [5.41, 5.74) is -0.338. The third-order valence-corrected chi connectivity index (χ3v) is 4.34. The number of hydrogen-bond acceptors (Lipinski definition) is 4. The van der Waals surface area contributed by atoms with Crippen molar-refractivity contribution in [2.75, 3.05) is 19.7 Å². The molecule has 1 aliphatic heterocycles. The summed E-state index contributed by atoms with van der Waals surface area (Å²) < 4.78 is 44.2. The zero-order valence-electron chi connectivity index (χ0n) is 13.9. The second-order valence-corrected chi connectivity index (χ2v) is 6.14. The predicted octanol–water partition coefficient (Wildman–Crippen LogP) is 3.43. The highest BCUT2D eigenvalue weighted by Gasteiger charge is 2.35. The summed E-state index contributed by atoms with van der Waals surface area (Å²) in [4.78, 5) is 21.7. The fraction of sp³-hybridized carbons (Fsp3) is 0.389. The lowest BCUT2D eigenvalue weighted by Gasteiger charge is -2.32. The number of aromatic nitrogens is 2. The molecule has 2 aromatic heterocycles. The number of ether oxygens (including phenoxy) is 1. The van der Waals surface area contributed by atoms with E-state index in [1.54, 1.807) is 23.2 Å². The number of halogens is 3. The third kappa shape index (κ3) is 4.30. The Bertz CT molecular complexity index is 745. The number of carbonyl (C=O) groups excluding carboxylic acids is 1. The number of hydrogen-bond donors (Lipinski definition) is 0. The van der Waals surface area contributed by atoms with Gasteiger partial charge in [-0.15, -0.1) is 0 Å². The molecule has 0 aliphatic carbocycles. The number of amides is 1. The summed E-state index contributed by atoms with van der Waals surface area (Å²) >= 11 is 0. The summed E-state index contributed by atoms with van der Waals surface area (Å²) in [6.07, 6.45) is 1.24. The van der Waals surface area contributed by atoms with Gasteiger partial charge in [-0.3, -0.25) is 9.78 Å². The molecule has 0 unspecified atom stereocenters. The Morgan fingerprint density at radius 3 is 2.58 bits per heavy atom. The molecule has 3 heterocycles. The van der Waals surface area contributed by atoms with Gasteiger partial charge in [-0.2, -0.15) is 13.2 Å². The monoisotopic (exact) mass is 365 g/mol. The molecule has 26 heavy (non-hydrogen) atoms. The van der Waals surface area contributed by atoms with Gasteiger partial charge in [0, 0.05) is 31.7 Å². The van der Waals surface area contributed by atoms with Crippen molar-refractivity contribution in [1.82, 2.24) is 14.9 Å². The lowest BCUT2D eigenvalue weighted by Crippen LogP contribution is -2.39. The van der Waals surface area contributed by atoms with Crippen molar-refractivity contribution in [3.8, 4) is 5.88 Å². The van der Waals surface area contributed by atoms with Gasteiger partial charge in [-0.25, -0.2) is 4.98 Å². The van der Waals surface area contributed by atoms with E-state index < -0.39 is 17.6 Å². The molecule has 1 amide bonds. The van der Waals surface area contributed by atoms with Crippen molar-refractivity contribution in [2.24, 2.45) is 5.92 Å². The maximum absolute atomic E-state index is 12.9. The van der Waals surface area contributed by atoms with Gasteiger partial charge in [-0.05, 0) is 43.0 Å². The number of rotatable bonds is 4. The fourth-order valence-electron chi connectivity index (χ4n) is 2.89. The van der Waals surface area contributed by atoms with Crippen molar-refractivity contribution in [3.05, 3.63) is 54.0 Å². The van der Waals surface area contributed by atoms with E-state index in [1.807, 2.05) is 0 Å². The first-order valence-electron chi connectivity index (χ1n) is 8.29. The van der Waals surface area contributed by atoms with Gasteiger partial charge in [0.2, 0.25) is 5.88 Å². The average Bonchev–Trinajstić information content (AvgIpc) is 2.66. The van der Waals surface area contributed by atoms with E-state index in [2.05, 4.69) is 9.97 Å². The Morgan fingerprint density at radius 2 is 1.92 bits per heavy atom. The average molecular weight is 365 g/mol. The molecule has 3 rings (SSSR count). The molecule has 138 valence electrons. The summed E-state index contributed by atoms with van der Waals surface area (Å²) in [5, 5.41) is 0. The van der Waals surface area contributed by atoms with Crippen LogP contribution in [-0.2, 0) is 6.18 Å². The Morgan fingerprint density at radius 1 is 1.19 bits per heavy atom. The molecule has 2 aromatic rings. The van der Waals surface area contributed by atoms with E-state index in [0.717, 1.165) is 6.07 Å². The Balaban J connectivity index is 1.53. The molecule has 8 heteroatoms. The Kier molecular flexibility index (Phi) is 5.39. The van der Waals surface area contributed by atoms with E-state index >= 15 is 0 Å². The van der Waals surface area contributed by atoms with E-state index in [0.29, 0.717) is 31.5 Å². The first-order valence-corrected chi connectivity index (χ1v) is 8.29. The molecule has 1 aliphatic rings. The van der Waals surface area contributed by atoms with Crippen LogP contribution in [-0.4, -0.2) is 40.5 Å². The lowest BCUT2D eigenvalue weighted by atomic mass is 9.97. The van der Waals surface area contributed by atoms with Gasteiger partial charge in [0.25, 0.3) is 5.91 Å². The summed E-state index contributed by atoms with van der Waals surface area (Å²) in [6.45, 7) is 1.22. The van der Waals surface area contributed by atoms with E-state index in [4.69, 9.17) is 4.74 Å². The first-order chi connectivity index (χ1) is 12.4. The largest absolute Gasteiger partial charge is 0.477 e. The third-order valence-electron chi connectivity index (χ3n) is 4.34. The van der Waals surface area contributed by atoms with Crippen LogP contribution in [0.4, 0.5) is 13.2 Å². The Hall–Kier alpha value is -2.64. The number of piperidine rings is 1. The highest BCUT2D eigenvalue weighted by atomic mass is 19.4. The lowest BCUT2D eigenvalue weighted by molar-refractivity contribution is -0.139. The summed E-state index contributed by atoms with van der Waals surface area (Å²) in [7, 11) is 0. The molecule has 0 bridgehead atoms. The van der Waals surface area contributed by atoms with Crippen molar-refractivity contribution < 1.29 is 22.7 Å². The summed E-state index contributed by atoms with van der Waals surface area (Å²) in [6, 6.07) is 5.61. The van der Waals surface area contributed by atoms with Gasteiger partial charge in [0.1, 0.15) is 5.56 Å². The zero-order chi connectivity index (χ0) is 18.6. The molecular weight excluding hydrogens is 347 g/mol. The number of likely N-dealkylation sites (tertiary alicyclic amines) is 1. The highest BCUT2D eigenvalue weighted by Crippen LogP contribution is 2.35. The van der Waals surface area contributed by atoms with Crippen molar-refractivity contribution in [2.45, 2.75) is 19.0 Å². The van der Waals surface area contributed by atoms with E-state index in [-0.39, 0.29) is 18.4 Å². The van der Waals surface area contributed by atoms with E-state index in [1.165, 1.54) is 18.5 Å². The molecule has 0 N–H and O–H groups in total. The standard InChI is InChI=1S/C18H18F3N3O2/c19-18(20,21)15-4-2-8-23-16(15)26-12-13-5-9-24(10-6-13)17(25)14-3-1-7-22-11-14/h1-4,7-8,11,13H,5-6,9-10,12H2. The van der Waals surface area contributed by atoms with Crippen LogP contribution >= 0.6 is 0 Å². The van der Waals surface area contributed by atoms with Crippen molar-refractivity contribution in [1.29, 1.82) is 0 Å². The minimum Gasteiger partial charge on any atom is -0.477 e. The minimum atomic E-state index is -4.50. The van der Waals surface area contributed by atoms with Gasteiger partial charge in [-0.1, -0.05) is 0 Å². The van der Waals surface area contributed by atoms with Gasteiger partial charge < -0.3 is 9.64 Å². The molecule has 5 nitrogen and oxygen atoms in total. The predicted molar refractivity (Wildman–Crippen MR) is 87.6 cm³/mol. The van der Waals surface area contributed by atoms with Crippen LogP contribution < -0.4 is 4.74 Å². The van der Waals surface area contributed by atoms with E-state index in [9.17, 15) is 18.0 Å². The molecule has 0 aromatic carbocycles. The van der Waals surface area contributed by atoms with Gasteiger partial charge in [0.05, 0.1) is 12.2 Å². The molecule has 0 saturated carbocycles. The topological polar surface area (TPSA) is 55.3 Å². The molecule has 0 atom stereocenters. The quantitative estimate of drug-likeness (QED) is 0.833. The maximum atomic E-state index is 12.9. The Labute approximate surface area is 148 Å². The van der Waals surface area contributed by atoms with Gasteiger partial charge >= 0.3 is 6.18 Å². The zero-order valence-corrected chi connectivity index (χ0v) is 13.9. The molecule has 1 saturated heterocycles. The first kappa shape index (κ1) is 18.2. The van der Waals surface area contributed by atoms with Gasteiger partial charge in [0.15, 0.2) is 0 Å². The van der Waals surface area contributed by atoms with Crippen LogP contribution in [0.25, 0.3) is 0 Å². The molecule has 1 fully saturated rings. The smallest absolute Gasteiger partial charge is 0.421 e. The number of alkyl halides is 3. The van der Waals surface area contributed by atoms with Crippen LogP contribution in [0.3, 0.4) is 0 Å². The number of carbonyl (C=O) groups is 1. The second-order valence-electron chi connectivity index (χ2n) is 6.14. The van der Waals surface area contributed by atoms with Crippen LogP contribution in [0.5, 0.6) is 5.88 Å². The SMILES string of the molecule is O=C(c1cccnc1)N1CCC(COc2ncccc2C(F)(F)F)CC1. The normalized spacial score (nSPS) is 15.7. The van der Waals surface area contributed by atoms with Crippen molar-refractivity contribution >= 4 is 5.91 Å². The number of nitrogens with zero attached hydrogens (tertiary/aromatic N) is 3. The molecular formula is C18H18F3N3O2. The van der Waals surface area contributed by atoms with Crippen LogP contribution in [0.1, 0.15) is 28.8 Å². The number of pyridine rings is 2. The minimum absolute atomic E-state index is 0.0797. The highest BCUT2D eigenvalue weighted by molar-refractivity contribution is 5.93. The van der Waals surface area contributed by atoms with Crippen LogP contribution in [0.15, 0.2) is 42.9 Å². The molecule has 0 radical (unpaired) electrons. The fourth-order valence-corrected chi connectivity index (χ4v) is 2.89. The van der Waals surface area contributed by atoms with Crippen LogP contribution in [0, 0.1) is 5.92 Å². The maximum Gasteiger partial charge on any atom is 0.421 e. The second kappa shape index (κ2) is 7.72. The summed E-state index contributed by atoms with van der Waals surface area (Å²) in [5.74, 6) is -0.397. The van der Waals surface area contributed by atoms with Crippen molar-refractivity contribution in [3.63, 3.8) is 0 Å². The van der Waals surface area contributed by atoms with Crippen LogP contribution in [0.2, 0.25) is 0 Å².